The summed E-state index contributed by atoms with van der Waals surface area (Å²) in [5.41, 5.74) is 0.453. The Kier molecular flexibility index (Phi) is 5.27. The number of hydrogen-bond donors (Lipinski definition) is 1. The van der Waals surface area contributed by atoms with Crippen LogP contribution in [0.15, 0.2) is 40.7 Å². The van der Waals surface area contributed by atoms with E-state index < -0.39 is 10.0 Å². The summed E-state index contributed by atoms with van der Waals surface area (Å²) in [4.78, 5) is 16.5. The number of carbonyl (C=O) groups is 1. The van der Waals surface area contributed by atoms with Gasteiger partial charge in [0.1, 0.15) is 0 Å². The maximum atomic E-state index is 12.4. The number of hydrogen-bond acceptors (Lipinski definition) is 5. The molecular weight excluding hydrogens is 346 g/mol. The molecule has 0 spiro atoms. The van der Waals surface area contributed by atoms with Crippen LogP contribution in [0.5, 0.6) is 0 Å². The summed E-state index contributed by atoms with van der Waals surface area (Å²) in [5, 5.41) is 5.69. The van der Waals surface area contributed by atoms with E-state index in [1.54, 1.807) is 29.7 Å². The highest BCUT2D eigenvalue weighted by Crippen LogP contribution is 2.21. The largest absolute Gasteiger partial charge is 0.352 e. The van der Waals surface area contributed by atoms with Gasteiger partial charge in [0.05, 0.1) is 9.90 Å². The minimum atomic E-state index is -3.43. The zero-order valence-corrected chi connectivity index (χ0v) is 14.8. The average molecular weight is 365 g/mol. The number of benzene rings is 1. The molecule has 1 N–H and O–H groups in total. The Labute approximate surface area is 145 Å². The number of amides is 1. The van der Waals surface area contributed by atoms with Gasteiger partial charge in [-0.2, -0.15) is 4.31 Å². The van der Waals surface area contributed by atoms with Crippen LogP contribution in [0.1, 0.15) is 28.2 Å². The van der Waals surface area contributed by atoms with Gasteiger partial charge in [-0.25, -0.2) is 13.4 Å². The van der Waals surface area contributed by atoms with Crippen LogP contribution in [0.4, 0.5) is 0 Å². The van der Waals surface area contributed by atoms with Crippen molar-refractivity contribution >= 4 is 27.3 Å². The molecular formula is C16H19N3O3S2. The van der Waals surface area contributed by atoms with Crippen molar-refractivity contribution in [1.29, 1.82) is 0 Å². The van der Waals surface area contributed by atoms with Gasteiger partial charge in [-0.05, 0) is 37.1 Å². The molecule has 0 bridgehead atoms. The minimum absolute atomic E-state index is 0.211. The quantitative estimate of drug-likeness (QED) is 0.848. The summed E-state index contributed by atoms with van der Waals surface area (Å²) in [6, 6.07) is 6.12. The number of thiazole rings is 1. The van der Waals surface area contributed by atoms with Crippen LogP contribution in [0.25, 0.3) is 0 Å². The van der Waals surface area contributed by atoms with Crippen molar-refractivity contribution in [2.45, 2.75) is 24.2 Å². The molecule has 1 aromatic carbocycles. The molecule has 0 saturated carbocycles. The first-order valence-electron chi connectivity index (χ1n) is 7.84. The van der Waals surface area contributed by atoms with E-state index in [0.717, 1.165) is 17.8 Å². The van der Waals surface area contributed by atoms with Gasteiger partial charge in [-0.15, -0.1) is 11.3 Å². The van der Waals surface area contributed by atoms with E-state index in [1.165, 1.54) is 16.4 Å². The summed E-state index contributed by atoms with van der Waals surface area (Å²) in [6.07, 6.45) is 4.23. The standard InChI is InChI=1S/C16H19N3O3S2/c20-16(18-8-7-15-17-9-12-23-15)13-3-5-14(6-4-13)24(21,22)19-10-1-2-11-19/h3-6,9,12H,1-2,7-8,10-11H2,(H,18,20). The molecule has 128 valence electrons. The first kappa shape index (κ1) is 17.1. The molecule has 1 amide bonds. The molecule has 1 aliphatic heterocycles. The monoisotopic (exact) mass is 365 g/mol. The second kappa shape index (κ2) is 7.42. The van der Waals surface area contributed by atoms with Gasteiger partial charge >= 0.3 is 0 Å². The number of nitrogens with one attached hydrogen (secondary N) is 1. The van der Waals surface area contributed by atoms with Gasteiger partial charge in [0, 0.05) is 43.2 Å². The SMILES string of the molecule is O=C(NCCc1nccs1)c1ccc(S(=O)(=O)N2CCCC2)cc1. The van der Waals surface area contributed by atoms with Crippen LogP contribution in [0.3, 0.4) is 0 Å². The van der Waals surface area contributed by atoms with Crippen molar-refractivity contribution in [2.24, 2.45) is 0 Å². The molecule has 24 heavy (non-hydrogen) atoms. The van der Waals surface area contributed by atoms with Crippen LogP contribution in [0.2, 0.25) is 0 Å². The summed E-state index contributed by atoms with van der Waals surface area (Å²) >= 11 is 1.55. The van der Waals surface area contributed by atoms with Crippen LogP contribution in [-0.4, -0.2) is 43.2 Å². The summed E-state index contributed by atoms with van der Waals surface area (Å²) < 4.78 is 26.4. The molecule has 8 heteroatoms. The maximum absolute atomic E-state index is 12.4. The second-order valence-electron chi connectivity index (χ2n) is 5.57. The Morgan fingerprint density at radius 1 is 1.21 bits per heavy atom. The van der Waals surface area contributed by atoms with Gasteiger partial charge in [-0.3, -0.25) is 4.79 Å². The summed E-state index contributed by atoms with van der Waals surface area (Å²) in [5.74, 6) is -0.211. The lowest BCUT2D eigenvalue weighted by Gasteiger charge is -2.15. The van der Waals surface area contributed by atoms with E-state index in [0.29, 0.717) is 31.6 Å². The van der Waals surface area contributed by atoms with Gasteiger partial charge in [-0.1, -0.05) is 0 Å². The Bertz CT molecular complexity index is 780. The molecule has 3 rings (SSSR count). The predicted molar refractivity (Wildman–Crippen MR) is 92.6 cm³/mol. The third kappa shape index (κ3) is 3.82. The number of aromatic nitrogens is 1. The summed E-state index contributed by atoms with van der Waals surface area (Å²) in [6.45, 7) is 1.64. The third-order valence-electron chi connectivity index (χ3n) is 3.93. The minimum Gasteiger partial charge on any atom is -0.352 e. The van der Waals surface area contributed by atoms with E-state index in [2.05, 4.69) is 10.3 Å². The Morgan fingerprint density at radius 2 is 1.92 bits per heavy atom. The van der Waals surface area contributed by atoms with E-state index in [1.807, 2.05) is 5.38 Å². The molecule has 0 aliphatic carbocycles. The van der Waals surface area contributed by atoms with Crippen LogP contribution in [0, 0.1) is 0 Å². The molecule has 1 aliphatic rings. The molecule has 2 aromatic rings. The molecule has 1 saturated heterocycles. The van der Waals surface area contributed by atoms with E-state index in [4.69, 9.17) is 0 Å². The van der Waals surface area contributed by atoms with Crippen LogP contribution < -0.4 is 5.32 Å². The number of carbonyl (C=O) groups excluding carboxylic acids is 1. The first-order chi connectivity index (χ1) is 11.6. The normalized spacial score (nSPS) is 15.5. The Balaban J connectivity index is 1.60. The van der Waals surface area contributed by atoms with Crippen LogP contribution in [-0.2, 0) is 16.4 Å². The lowest BCUT2D eigenvalue weighted by molar-refractivity contribution is 0.0954. The Morgan fingerprint density at radius 3 is 2.54 bits per heavy atom. The molecule has 6 nitrogen and oxygen atoms in total. The van der Waals surface area contributed by atoms with Crippen molar-refractivity contribution in [3.05, 3.63) is 46.4 Å². The Hall–Kier alpha value is -1.77. The molecule has 2 heterocycles. The van der Waals surface area contributed by atoms with Crippen molar-refractivity contribution in [3.63, 3.8) is 0 Å². The van der Waals surface area contributed by atoms with E-state index in [9.17, 15) is 13.2 Å². The smallest absolute Gasteiger partial charge is 0.251 e. The lowest BCUT2D eigenvalue weighted by Crippen LogP contribution is -2.28. The number of sulfonamides is 1. The van der Waals surface area contributed by atoms with Gasteiger partial charge in [0.25, 0.3) is 5.91 Å². The van der Waals surface area contributed by atoms with E-state index >= 15 is 0 Å². The zero-order valence-electron chi connectivity index (χ0n) is 13.1. The fourth-order valence-corrected chi connectivity index (χ4v) is 4.75. The van der Waals surface area contributed by atoms with Crippen molar-refractivity contribution in [2.75, 3.05) is 19.6 Å². The van der Waals surface area contributed by atoms with Crippen molar-refractivity contribution in [1.82, 2.24) is 14.6 Å². The number of nitrogens with zero attached hydrogens (tertiary/aromatic N) is 2. The number of rotatable bonds is 6. The third-order valence-corrected chi connectivity index (χ3v) is 6.68. The maximum Gasteiger partial charge on any atom is 0.251 e. The zero-order chi connectivity index (χ0) is 17.0. The van der Waals surface area contributed by atoms with E-state index in [-0.39, 0.29) is 10.8 Å². The van der Waals surface area contributed by atoms with Gasteiger partial charge < -0.3 is 5.32 Å². The second-order valence-corrected chi connectivity index (χ2v) is 8.48. The van der Waals surface area contributed by atoms with Crippen LogP contribution >= 0.6 is 11.3 Å². The van der Waals surface area contributed by atoms with Gasteiger partial charge in [0.2, 0.25) is 10.0 Å². The predicted octanol–water partition coefficient (Wildman–Crippen LogP) is 1.90. The molecule has 1 fully saturated rings. The van der Waals surface area contributed by atoms with Crippen molar-refractivity contribution < 1.29 is 13.2 Å². The highest BCUT2D eigenvalue weighted by atomic mass is 32.2. The molecule has 1 aromatic heterocycles. The highest BCUT2D eigenvalue weighted by molar-refractivity contribution is 7.89. The van der Waals surface area contributed by atoms with Crippen molar-refractivity contribution in [3.8, 4) is 0 Å². The fourth-order valence-electron chi connectivity index (χ4n) is 2.62. The first-order valence-corrected chi connectivity index (χ1v) is 10.2. The fraction of sp³-hybridized carbons (Fsp3) is 0.375. The summed E-state index contributed by atoms with van der Waals surface area (Å²) in [7, 11) is -3.43. The lowest BCUT2D eigenvalue weighted by atomic mass is 10.2. The molecule has 0 radical (unpaired) electrons. The topological polar surface area (TPSA) is 79.4 Å². The molecule has 0 atom stereocenters. The van der Waals surface area contributed by atoms with Gasteiger partial charge in [0.15, 0.2) is 0 Å². The molecule has 0 unspecified atom stereocenters. The average Bonchev–Trinajstić information content (AvgIpc) is 3.29. The highest BCUT2D eigenvalue weighted by Gasteiger charge is 2.27.